The van der Waals surface area contributed by atoms with E-state index >= 15 is 0 Å². The van der Waals surface area contributed by atoms with E-state index in [2.05, 4.69) is 10.5 Å². The second kappa shape index (κ2) is 9.12. The molecular formula is C22H22N4O5. The largest absolute Gasteiger partial charge is 0.497 e. The first-order valence-electron chi connectivity index (χ1n) is 9.35. The first-order valence-corrected chi connectivity index (χ1v) is 9.35. The molecule has 0 spiro atoms. The van der Waals surface area contributed by atoms with Crippen molar-refractivity contribution in [1.82, 2.24) is 9.99 Å². The van der Waals surface area contributed by atoms with Crippen LogP contribution < -0.4 is 14.9 Å². The number of amides is 1. The van der Waals surface area contributed by atoms with Crippen LogP contribution in [0.1, 0.15) is 27.3 Å². The molecule has 0 aliphatic carbocycles. The van der Waals surface area contributed by atoms with Gasteiger partial charge in [0, 0.05) is 28.6 Å². The first kappa shape index (κ1) is 21.6. The molecule has 0 radical (unpaired) electrons. The number of nitrogens with one attached hydrogen (secondary N) is 1. The first-order chi connectivity index (χ1) is 14.8. The number of nitrogens with zero attached hydrogens (tertiary/aromatic N) is 3. The number of ether oxygens (including phenoxy) is 2. The van der Waals surface area contributed by atoms with Crippen molar-refractivity contribution in [2.75, 3.05) is 14.2 Å². The summed E-state index contributed by atoms with van der Waals surface area (Å²) < 4.78 is 12.4. The van der Waals surface area contributed by atoms with Crippen molar-refractivity contribution in [2.24, 2.45) is 5.10 Å². The smallest absolute Gasteiger partial charge is 0.273 e. The van der Waals surface area contributed by atoms with Crippen molar-refractivity contribution in [3.63, 3.8) is 0 Å². The van der Waals surface area contributed by atoms with Gasteiger partial charge in [0.25, 0.3) is 11.6 Å². The van der Waals surface area contributed by atoms with E-state index in [0.29, 0.717) is 22.7 Å². The van der Waals surface area contributed by atoms with Gasteiger partial charge in [-0.3, -0.25) is 14.9 Å². The summed E-state index contributed by atoms with van der Waals surface area (Å²) in [7, 11) is 3.00. The average Bonchev–Trinajstić information content (AvgIpc) is 3.05. The Hall–Kier alpha value is -4.14. The second-order valence-corrected chi connectivity index (χ2v) is 6.71. The summed E-state index contributed by atoms with van der Waals surface area (Å²) >= 11 is 0. The number of benzene rings is 2. The molecule has 0 aliphatic rings. The van der Waals surface area contributed by atoms with Crippen LogP contribution in [0.5, 0.6) is 11.5 Å². The molecule has 0 saturated heterocycles. The van der Waals surface area contributed by atoms with Gasteiger partial charge in [0.15, 0.2) is 0 Å². The highest BCUT2D eigenvalue weighted by atomic mass is 16.6. The zero-order chi connectivity index (χ0) is 22.5. The summed E-state index contributed by atoms with van der Waals surface area (Å²) in [4.78, 5) is 22.9. The minimum atomic E-state index is -0.467. The van der Waals surface area contributed by atoms with Gasteiger partial charge in [0.2, 0.25) is 0 Å². The van der Waals surface area contributed by atoms with E-state index in [-0.39, 0.29) is 11.6 Å². The highest BCUT2D eigenvalue weighted by molar-refractivity contribution is 5.95. The maximum Gasteiger partial charge on any atom is 0.273 e. The highest BCUT2D eigenvalue weighted by Gasteiger charge is 2.17. The van der Waals surface area contributed by atoms with Crippen molar-refractivity contribution in [1.29, 1.82) is 0 Å². The third kappa shape index (κ3) is 4.55. The number of methoxy groups -OCH3 is 2. The fourth-order valence-corrected chi connectivity index (χ4v) is 3.24. The van der Waals surface area contributed by atoms with Crippen LogP contribution in [0.2, 0.25) is 0 Å². The van der Waals surface area contributed by atoms with E-state index in [4.69, 9.17) is 9.47 Å². The van der Waals surface area contributed by atoms with Gasteiger partial charge in [-0.2, -0.15) is 5.10 Å². The normalized spacial score (nSPS) is 10.8. The summed E-state index contributed by atoms with van der Waals surface area (Å²) in [5.74, 6) is 0.601. The molecule has 0 fully saturated rings. The maximum absolute atomic E-state index is 12.3. The molecule has 9 nitrogen and oxygen atoms in total. The van der Waals surface area contributed by atoms with E-state index < -0.39 is 4.92 Å². The number of carbonyl (C=O) groups excluding carboxylic acids is 1. The Bertz CT molecular complexity index is 1170. The van der Waals surface area contributed by atoms with Gasteiger partial charge >= 0.3 is 0 Å². The second-order valence-electron chi connectivity index (χ2n) is 6.71. The summed E-state index contributed by atoms with van der Waals surface area (Å²) in [5, 5.41) is 15.1. The Morgan fingerprint density at radius 1 is 1.13 bits per heavy atom. The van der Waals surface area contributed by atoms with Crippen molar-refractivity contribution >= 4 is 17.8 Å². The third-order valence-corrected chi connectivity index (χ3v) is 4.79. The molecule has 31 heavy (non-hydrogen) atoms. The predicted octanol–water partition coefficient (Wildman–Crippen LogP) is 3.78. The molecule has 2 aromatic carbocycles. The topological polar surface area (TPSA) is 108 Å². The number of non-ortho nitro benzene ring substituents is 1. The number of aromatic nitrogens is 1. The Labute approximate surface area is 179 Å². The van der Waals surface area contributed by atoms with Crippen LogP contribution in [0.25, 0.3) is 5.69 Å². The van der Waals surface area contributed by atoms with E-state index in [1.807, 2.05) is 24.5 Å². The monoisotopic (exact) mass is 422 g/mol. The van der Waals surface area contributed by atoms with Crippen molar-refractivity contribution in [3.05, 3.63) is 81.2 Å². The number of nitro benzene ring substituents is 1. The van der Waals surface area contributed by atoms with Gasteiger partial charge in [0.1, 0.15) is 11.5 Å². The van der Waals surface area contributed by atoms with E-state index in [9.17, 15) is 14.9 Å². The lowest BCUT2D eigenvalue weighted by Gasteiger charge is -2.13. The lowest BCUT2D eigenvalue weighted by Crippen LogP contribution is -2.17. The van der Waals surface area contributed by atoms with Gasteiger partial charge in [-0.25, -0.2) is 5.43 Å². The Morgan fingerprint density at radius 2 is 1.90 bits per heavy atom. The summed E-state index contributed by atoms with van der Waals surface area (Å²) in [5.41, 5.74) is 6.05. The number of hydrogen-bond acceptors (Lipinski definition) is 6. The van der Waals surface area contributed by atoms with Crippen molar-refractivity contribution < 1.29 is 19.2 Å². The molecule has 0 aliphatic heterocycles. The fourth-order valence-electron chi connectivity index (χ4n) is 3.24. The van der Waals surface area contributed by atoms with Crippen LogP contribution >= 0.6 is 0 Å². The molecule has 1 amide bonds. The number of hydrogen-bond donors (Lipinski definition) is 1. The SMILES string of the molecule is COc1cccc(C(=O)N/N=C\c2cc(C)n(-c3ccc([N+](=O)[O-])cc3OC)c2C)c1. The van der Waals surface area contributed by atoms with Gasteiger partial charge in [-0.1, -0.05) is 6.07 Å². The molecule has 1 aromatic heterocycles. The van der Waals surface area contributed by atoms with Gasteiger partial charge in [-0.05, 0) is 44.2 Å². The fraction of sp³-hybridized carbons (Fsp3) is 0.182. The molecule has 0 saturated carbocycles. The number of aryl methyl sites for hydroxylation is 1. The molecule has 1 N–H and O–H groups in total. The molecule has 0 bridgehead atoms. The quantitative estimate of drug-likeness (QED) is 0.354. The molecule has 0 atom stereocenters. The number of hydrazone groups is 1. The van der Waals surface area contributed by atoms with Crippen molar-refractivity contribution in [2.45, 2.75) is 13.8 Å². The van der Waals surface area contributed by atoms with Crippen LogP contribution in [-0.4, -0.2) is 35.8 Å². The lowest BCUT2D eigenvalue weighted by atomic mass is 10.2. The summed E-state index contributed by atoms with van der Waals surface area (Å²) in [6.07, 6.45) is 1.55. The van der Waals surface area contributed by atoms with Crippen LogP contribution in [0.4, 0.5) is 5.69 Å². The molecule has 3 aromatic rings. The minimum Gasteiger partial charge on any atom is -0.497 e. The lowest BCUT2D eigenvalue weighted by molar-refractivity contribution is -0.384. The van der Waals surface area contributed by atoms with Gasteiger partial charge < -0.3 is 14.0 Å². The van der Waals surface area contributed by atoms with Gasteiger partial charge in [0.05, 0.1) is 37.1 Å². The average molecular weight is 422 g/mol. The van der Waals surface area contributed by atoms with Crippen LogP contribution in [0, 0.1) is 24.0 Å². The minimum absolute atomic E-state index is 0.0508. The molecule has 0 unspecified atom stereocenters. The predicted molar refractivity (Wildman–Crippen MR) is 117 cm³/mol. The number of carbonyl (C=O) groups is 1. The van der Waals surface area contributed by atoms with Crippen LogP contribution in [0.15, 0.2) is 53.6 Å². The zero-order valence-corrected chi connectivity index (χ0v) is 17.6. The van der Waals surface area contributed by atoms with E-state index in [1.165, 1.54) is 26.4 Å². The highest BCUT2D eigenvalue weighted by Crippen LogP contribution is 2.31. The summed E-state index contributed by atoms with van der Waals surface area (Å²) in [6, 6.07) is 13.1. The Balaban J connectivity index is 1.85. The zero-order valence-electron chi connectivity index (χ0n) is 17.6. The third-order valence-electron chi connectivity index (χ3n) is 4.79. The Morgan fingerprint density at radius 3 is 2.58 bits per heavy atom. The number of nitro groups is 1. The number of rotatable bonds is 7. The molecule has 9 heteroatoms. The molecule has 160 valence electrons. The van der Waals surface area contributed by atoms with E-state index in [0.717, 1.165) is 17.0 Å². The van der Waals surface area contributed by atoms with Crippen LogP contribution in [-0.2, 0) is 0 Å². The van der Waals surface area contributed by atoms with Crippen LogP contribution in [0.3, 0.4) is 0 Å². The maximum atomic E-state index is 12.3. The molecule has 3 rings (SSSR count). The van der Waals surface area contributed by atoms with Gasteiger partial charge in [-0.15, -0.1) is 0 Å². The van der Waals surface area contributed by atoms with E-state index in [1.54, 1.807) is 36.5 Å². The summed E-state index contributed by atoms with van der Waals surface area (Å²) in [6.45, 7) is 3.79. The Kier molecular flexibility index (Phi) is 6.35. The van der Waals surface area contributed by atoms with Crippen molar-refractivity contribution in [3.8, 4) is 17.2 Å². The standard InChI is InChI=1S/C22H22N4O5/c1-14-10-17(13-23-24-22(27)16-6-5-7-19(11-16)30-3)15(2)25(14)20-9-8-18(26(28)29)12-21(20)31-4/h5-13H,1-4H3,(H,24,27)/b23-13-. The molecular weight excluding hydrogens is 400 g/mol. The molecule has 1 heterocycles.